The maximum absolute atomic E-state index is 11.2. The second-order valence-electron chi connectivity index (χ2n) is 5.32. The molecule has 0 aliphatic rings. The van der Waals surface area contributed by atoms with Crippen LogP contribution >= 0.6 is 0 Å². The summed E-state index contributed by atoms with van der Waals surface area (Å²) in [5, 5.41) is 9.19. The van der Waals surface area contributed by atoms with Gasteiger partial charge < -0.3 is 5.11 Å². The molecule has 2 nitrogen and oxygen atoms in total. The first-order valence-electron chi connectivity index (χ1n) is 6.73. The monoisotopic (exact) mass is 228 g/mol. The van der Waals surface area contributed by atoms with Crippen LogP contribution in [0.3, 0.4) is 0 Å². The summed E-state index contributed by atoms with van der Waals surface area (Å²) in [6.07, 6.45) is 6.42. The van der Waals surface area contributed by atoms with E-state index in [-0.39, 0.29) is 5.92 Å². The molecule has 0 rings (SSSR count). The van der Waals surface area contributed by atoms with E-state index in [9.17, 15) is 9.90 Å². The lowest BCUT2D eigenvalue weighted by Gasteiger charge is -2.21. The molecule has 0 amide bonds. The highest BCUT2D eigenvalue weighted by molar-refractivity contribution is 5.69. The largest absolute Gasteiger partial charge is 0.481 e. The molecule has 0 aromatic heterocycles. The van der Waals surface area contributed by atoms with Crippen LogP contribution in [0, 0.1) is 17.8 Å². The Kier molecular flexibility index (Phi) is 8.32. The third-order valence-electron chi connectivity index (χ3n) is 3.27. The smallest absolute Gasteiger partial charge is 0.306 e. The van der Waals surface area contributed by atoms with Gasteiger partial charge in [0.15, 0.2) is 0 Å². The van der Waals surface area contributed by atoms with Crippen LogP contribution in [-0.4, -0.2) is 11.1 Å². The van der Waals surface area contributed by atoms with E-state index in [1.165, 1.54) is 19.3 Å². The van der Waals surface area contributed by atoms with Crippen LogP contribution < -0.4 is 0 Å². The number of hydrogen-bond acceptors (Lipinski definition) is 1. The molecule has 0 aromatic carbocycles. The average molecular weight is 228 g/mol. The lowest BCUT2D eigenvalue weighted by Crippen LogP contribution is -2.19. The summed E-state index contributed by atoms with van der Waals surface area (Å²) < 4.78 is 0. The molecule has 16 heavy (non-hydrogen) atoms. The zero-order chi connectivity index (χ0) is 12.6. The highest BCUT2D eigenvalue weighted by atomic mass is 16.4. The van der Waals surface area contributed by atoms with Crippen molar-refractivity contribution in [3.63, 3.8) is 0 Å². The molecular weight excluding hydrogens is 200 g/mol. The van der Waals surface area contributed by atoms with Gasteiger partial charge in [-0.2, -0.15) is 0 Å². The van der Waals surface area contributed by atoms with Crippen LogP contribution in [0.25, 0.3) is 0 Å². The summed E-state index contributed by atoms with van der Waals surface area (Å²) in [6.45, 7) is 8.57. The maximum Gasteiger partial charge on any atom is 0.306 e. The number of unbranched alkanes of at least 4 members (excludes halogenated alkanes) is 1. The fraction of sp³-hybridized carbons (Fsp3) is 0.929. The van der Waals surface area contributed by atoms with Crippen molar-refractivity contribution in [2.75, 3.05) is 0 Å². The van der Waals surface area contributed by atoms with Crippen molar-refractivity contribution in [2.24, 2.45) is 17.8 Å². The van der Waals surface area contributed by atoms with Gasteiger partial charge in [-0.25, -0.2) is 0 Å². The first-order valence-corrected chi connectivity index (χ1v) is 6.73. The SMILES string of the molecule is CCCCC(CC)CC(CC(C)C)C(=O)O. The highest BCUT2D eigenvalue weighted by Crippen LogP contribution is 2.25. The molecule has 0 radical (unpaired) electrons. The minimum Gasteiger partial charge on any atom is -0.481 e. The van der Waals surface area contributed by atoms with Gasteiger partial charge in [0.25, 0.3) is 0 Å². The lowest BCUT2D eigenvalue weighted by atomic mass is 9.84. The van der Waals surface area contributed by atoms with E-state index in [1.807, 2.05) is 0 Å². The molecule has 2 heteroatoms. The Labute approximate surface area is 100 Å². The van der Waals surface area contributed by atoms with Gasteiger partial charge in [0.05, 0.1) is 5.92 Å². The number of rotatable bonds is 9. The van der Waals surface area contributed by atoms with Crippen LogP contribution in [-0.2, 0) is 4.79 Å². The van der Waals surface area contributed by atoms with E-state index < -0.39 is 5.97 Å². The molecule has 0 fully saturated rings. The third kappa shape index (κ3) is 6.86. The van der Waals surface area contributed by atoms with Crippen LogP contribution in [0.1, 0.15) is 66.2 Å². The van der Waals surface area contributed by atoms with Crippen LogP contribution in [0.15, 0.2) is 0 Å². The Morgan fingerprint density at radius 2 is 1.81 bits per heavy atom. The minimum absolute atomic E-state index is 0.137. The standard InChI is InChI=1S/C14H28O2/c1-5-7-8-12(6-2)10-13(14(15)16)9-11(3)4/h11-13H,5-10H2,1-4H3,(H,15,16). The van der Waals surface area contributed by atoms with Gasteiger partial charge in [-0.05, 0) is 24.7 Å². The van der Waals surface area contributed by atoms with Gasteiger partial charge in [-0.15, -0.1) is 0 Å². The summed E-state index contributed by atoms with van der Waals surface area (Å²) in [7, 11) is 0. The zero-order valence-corrected chi connectivity index (χ0v) is 11.3. The number of hydrogen-bond donors (Lipinski definition) is 1. The summed E-state index contributed by atoms with van der Waals surface area (Å²) >= 11 is 0. The predicted octanol–water partition coefficient (Wildman–Crippen LogP) is 4.34. The van der Waals surface area contributed by atoms with Crippen molar-refractivity contribution < 1.29 is 9.90 Å². The molecule has 0 bridgehead atoms. The first-order chi connectivity index (χ1) is 7.51. The van der Waals surface area contributed by atoms with E-state index >= 15 is 0 Å². The summed E-state index contributed by atoms with van der Waals surface area (Å²) in [5.41, 5.74) is 0. The summed E-state index contributed by atoms with van der Waals surface area (Å²) in [6, 6.07) is 0. The van der Waals surface area contributed by atoms with Gasteiger partial charge in [0.1, 0.15) is 0 Å². The van der Waals surface area contributed by atoms with Crippen LogP contribution in [0.4, 0.5) is 0 Å². The molecule has 0 aliphatic heterocycles. The number of carboxylic acids is 1. The van der Waals surface area contributed by atoms with Gasteiger partial charge >= 0.3 is 5.97 Å². The Bertz CT molecular complexity index is 187. The molecular formula is C14H28O2. The molecule has 0 saturated heterocycles. The van der Waals surface area contributed by atoms with Gasteiger partial charge in [-0.1, -0.05) is 53.4 Å². The van der Waals surface area contributed by atoms with E-state index in [0.29, 0.717) is 11.8 Å². The van der Waals surface area contributed by atoms with E-state index in [4.69, 9.17) is 0 Å². The second kappa shape index (κ2) is 8.60. The fourth-order valence-corrected chi connectivity index (χ4v) is 2.25. The van der Waals surface area contributed by atoms with E-state index in [2.05, 4.69) is 27.7 Å². The van der Waals surface area contributed by atoms with E-state index in [1.54, 1.807) is 0 Å². The maximum atomic E-state index is 11.2. The number of carbonyl (C=O) groups is 1. The normalized spacial score (nSPS) is 15.1. The molecule has 0 heterocycles. The third-order valence-corrected chi connectivity index (χ3v) is 3.27. The summed E-state index contributed by atoms with van der Waals surface area (Å²) in [5.74, 6) is 0.329. The Hall–Kier alpha value is -0.530. The predicted molar refractivity (Wildman–Crippen MR) is 68.5 cm³/mol. The molecule has 0 aliphatic carbocycles. The zero-order valence-electron chi connectivity index (χ0n) is 11.3. The molecule has 96 valence electrons. The summed E-state index contributed by atoms with van der Waals surface area (Å²) in [4.78, 5) is 11.2. The van der Waals surface area contributed by atoms with Crippen molar-refractivity contribution in [1.82, 2.24) is 0 Å². The van der Waals surface area contributed by atoms with Gasteiger partial charge in [0.2, 0.25) is 0 Å². The number of aliphatic carboxylic acids is 1. The molecule has 0 aromatic rings. The number of carboxylic acid groups (broad SMARTS) is 1. The van der Waals surface area contributed by atoms with Crippen LogP contribution in [0.5, 0.6) is 0 Å². The average Bonchev–Trinajstić information content (AvgIpc) is 2.21. The molecule has 1 N–H and O–H groups in total. The lowest BCUT2D eigenvalue weighted by molar-refractivity contribution is -0.143. The Morgan fingerprint density at radius 3 is 2.19 bits per heavy atom. The van der Waals surface area contributed by atoms with Crippen molar-refractivity contribution in [3.05, 3.63) is 0 Å². The second-order valence-corrected chi connectivity index (χ2v) is 5.32. The van der Waals surface area contributed by atoms with Crippen LogP contribution in [0.2, 0.25) is 0 Å². The fourth-order valence-electron chi connectivity index (χ4n) is 2.25. The molecule has 0 saturated carbocycles. The molecule has 2 atom stereocenters. The van der Waals surface area contributed by atoms with Gasteiger partial charge in [0, 0.05) is 0 Å². The first kappa shape index (κ1) is 15.5. The van der Waals surface area contributed by atoms with Gasteiger partial charge in [-0.3, -0.25) is 4.79 Å². The van der Waals surface area contributed by atoms with Crippen molar-refractivity contribution in [3.8, 4) is 0 Å². The minimum atomic E-state index is -0.608. The topological polar surface area (TPSA) is 37.3 Å². The Balaban J connectivity index is 4.17. The molecule has 0 spiro atoms. The Morgan fingerprint density at radius 1 is 1.19 bits per heavy atom. The van der Waals surface area contributed by atoms with E-state index in [0.717, 1.165) is 19.3 Å². The van der Waals surface area contributed by atoms with Crippen molar-refractivity contribution in [1.29, 1.82) is 0 Å². The highest BCUT2D eigenvalue weighted by Gasteiger charge is 2.22. The molecule has 2 unspecified atom stereocenters. The quantitative estimate of drug-likeness (QED) is 0.637. The van der Waals surface area contributed by atoms with Crippen molar-refractivity contribution >= 4 is 5.97 Å². The van der Waals surface area contributed by atoms with Crippen molar-refractivity contribution in [2.45, 2.75) is 66.2 Å².